The van der Waals surface area contributed by atoms with Crippen LogP contribution in [0, 0.1) is 5.41 Å². The Hall–Kier alpha value is -2.03. The zero-order valence-electron chi connectivity index (χ0n) is 14.2. The molecule has 0 radical (unpaired) electrons. The molecule has 1 aromatic carbocycles. The summed E-state index contributed by atoms with van der Waals surface area (Å²) in [6, 6.07) is 3.20. The number of amides is 1. The summed E-state index contributed by atoms with van der Waals surface area (Å²) in [7, 11) is 0. The highest BCUT2D eigenvalue weighted by molar-refractivity contribution is 5.92. The van der Waals surface area contributed by atoms with Gasteiger partial charge in [-0.2, -0.15) is 17.6 Å². The first-order chi connectivity index (χ1) is 12.3. The normalized spacial score (nSPS) is 16.6. The molecule has 0 spiro atoms. The lowest BCUT2D eigenvalue weighted by Crippen LogP contribution is -2.36. The second kappa shape index (κ2) is 9.07. The fourth-order valence-electron chi connectivity index (χ4n) is 3.27. The van der Waals surface area contributed by atoms with Crippen LogP contribution in [0.5, 0.6) is 11.5 Å². The lowest BCUT2D eigenvalue weighted by atomic mass is 9.71. The quantitative estimate of drug-likeness (QED) is 0.667. The van der Waals surface area contributed by atoms with Gasteiger partial charge in [-0.15, -0.1) is 0 Å². The number of nitrogens with one attached hydrogen (secondary N) is 1. The molecule has 9 heteroatoms. The van der Waals surface area contributed by atoms with Gasteiger partial charge >= 0.3 is 13.2 Å². The van der Waals surface area contributed by atoms with Crippen molar-refractivity contribution in [1.29, 1.82) is 0 Å². The van der Waals surface area contributed by atoms with E-state index < -0.39 is 19.0 Å². The highest BCUT2D eigenvalue weighted by Crippen LogP contribution is 2.39. The molecule has 0 aliphatic heterocycles. The molecule has 0 heterocycles. The van der Waals surface area contributed by atoms with Crippen molar-refractivity contribution in [2.45, 2.75) is 51.7 Å². The summed E-state index contributed by atoms with van der Waals surface area (Å²) in [5, 5.41) is 2.51. The summed E-state index contributed by atoms with van der Waals surface area (Å²) in [6.45, 7) is -5.92. The molecule has 5 nitrogen and oxygen atoms in total. The third-order valence-corrected chi connectivity index (χ3v) is 4.55. The third-order valence-electron chi connectivity index (χ3n) is 4.55. The van der Waals surface area contributed by atoms with E-state index in [-0.39, 0.29) is 29.2 Å². The topological polar surface area (TPSA) is 73.6 Å². The molecule has 0 bridgehead atoms. The van der Waals surface area contributed by atoms with Gasteiger partial charge in [0.25, 0.3) is 0 Å². The number of anilines is 1. The van der Waals surface area contributed by atoms with Crippen molar-refractivity contribution in [2.75, 3.05) is 11.9 Å². The van der Waals surface area contributed by atoms with Crippen molar-refractivity contribution in [1.82, 2.24) is 0 Å². The SMILES string of the molecule is NCC1(CC(=O)Nc2ccc(OC(F)F)cc2OC(F)F)CCCCC1. The van der Waals surface area contributed by atoms with Gasteiger partial charge in [-0.05, 0) is 36.9 Å². The molecular weight excluding hydrogens is 356 g/mol. The Balaban J connectivity index is 2.12. The molecule has 26 heavy (non-hydrogen) atoms. The van der Waals surface area contributed by atoms with Crippen LogP contribution in [0.1, 0.15) is 38.5 Å². The Kier molecular flexibility index (Phi) is 7.07. The number of alkyl halides is 4. The van der Waals surface area contributed by atoms with Crippen molar-refractivity contribution in [3.05, 3.63) is 18.2 Å². The van der Waals surface area contributed by atoms with Crippen LogP contribution in [0.3, 0.4) is 0 Å². The van der Waals surface area contributed by atoms with Crippen molar-refractivity contribution >= 4 is 11.6 Å². The van der Waals surface area contributed by atoms with Crippen molar-refractivity contribution in [3.63, 3.8) is 0 Å². The summed E-state index contributed by atoms with van der Waals surface area (Å²) in [4.78, 5) is 12.4. The van der Waals surface area contributed by atoms with Crippen LogP contribution in [0.4, 0.5) is 23.2 Å². The average molecular weight is 378 g/mol. The fourth-order valence-corrected chi connectivity index (χ4v) is 3.27. The van der Waals surface area contributed by atoms with E-state index in [0.717, 1.165) is 44.2 Å². The minimum Gasteiger partial charge on any atom is -0.435 e. The molecule has 1 aliphatic carbocycles. The van der Waals surface area contributed by atoms with E-state index in [0.29, 0.717) is 6.54 Å². The Bertz CT molecular complexity index is 608. The van der Waals surface area contributed by atoms with E-state index >= 15 is 0 Å². The summed E-state index contributed by atoms with van der Waals surface area (Å²) in [5.41, 5.74) is 5.51. The predicted molar refractivity (Wildman–Crippen MR) is 87.5 cm³/mol. The van der Waals surface area contributed by atoms with Gasteiger partial charge in [-0.25, -0.2) is 0 Å². The fraction of sp³-hybridized carbons (Fsp3) is 0.588. The van der Waals surface area contributed by atoms with E-state index in [1.54, 1.807) is 0 Å². The van der Waals surface area contributed by atoms with E-state index in [1.165, 1.54) is 6.07 Å². The number of hydrogen-bond donors (Lipinski definition) is 2. The van der Waals surface area contributed by atoms with Crippen molar-refractivity contribution in [3.8, 4) is 11.5 Å². The van der Waals surface area contributed by atoms with Crippen molar-refractivity contribution in [2.24, 2.45) is 11.1 Å². The number of carbonyl (C=O) groups is 1. The first kappa shape index (κ1) is 20.3. The molecule has 0 aromatic heterocycles. The summed E-state index contributed by atoms with van der Waals surface area (Å²) in [6.07, 6.45) is 4.90. The van der Waals surface area contributed by atoms with Gasteiger partial charge in [0.05, 0.1) is 5.69 Å². The number of carbonyl (C=O) groups excluding carboxylic acids is 1. The van der Waals surface area contributed by atoms with Crippen LogP contribution < -0.4 is 20.5 Å². The van der Waals surface area contributed by atoms with Gasteiger partial charge in [0.15, 0.2) is 5.75 Å². The van der Waals surface area contributed by atoms with Crippen LogP contribution >= 0.6 is 0 Å². The van der Waals surface area contributed by atoms with Gasteiger partial charge < -0.3 is 20.5 Å². The Morgan fingerprint density at radius 1 is 1.12 bits per heavy atom. The molecule has 1 aromatic rings. The number of hydrogen-bond acceptors (Lipinski definition) is 4. The minimum atomic E-state index is -3.18. The third kappa shape index (κ3) is 5.76. The monoisotopic (exact) mass is 378 g/mol. The van der Waals surface area contributed by atoms with Crippen LogP contribution in [-0.2, 0) is 4.79 Å². The summed E-state index contributed by atoms with van der Waals surface area (Å²) >= 11 is 0. The molecule has 2 rings (SSSR count). The van der Waals surface area contributed by atoms with Crippen LogP contribution in [0.15, 0.2) is 18.2 Å². The van der Waals surface area contributed by atoms with E-state index in [4.69, 9.17) is 5.73 Å². The van der Waals surface area contributed by atoms with E-state index in [1.807, 2.05) is 0 Å². The maximum Gasteiger partial charge on any atom is 0.387 e. The largest absolute Gasteiger partial charge is 0.435 e. The van der Waals surface area contributed by atoms with Gasteiger partial charge in [0, 0.05) is 12.5 Å². The van der Waals surface area contributed by atoms with Gasteiger partial charge in [0.1, 0.15) is 5.75 Å². The number of rotatable bonds is 8. The maximum atomic E-state index is 12.6. The molecule has 1 aliphatic rings. The molecule has 0 unspecified atom stereocenters. The second-order valence-electron chi connectivity index (χ2n) is 6.40. The lowest BCUT2D eigenvalue weighted by Gasteiger charge is -2.35. The molecule has 1 fully saturated rings. The highest BCUT2D eigenvalue weighted by atomic mass is 19.3. The molecule has 0 saturated heterocycles. The zero-order chi connectivity index (χ0) is 19.2. The predicted octanol–water partition coefficient (Wildman–Crippen LogP) is 4.13. The second-order valence-corrected chi connectivity index (χ2v) is 6.40. The zero-order valence-corrected chi connectivity index (χ0v) is 14.2. The maximum absolute atomic E-state index is 12.6. The van der Waals surface area contributed by atoms with Gasteiger partial charge in [-0.1, -0.05) is 19.3 Å². The Labute approximate surface area is 148 Å². The average Bonchev–Trinajstić information content (AvgIpc) is 2.57. The lowest BCUT2D eigenvalue weighted by molar-refractivity contribution is -0.119. The Morgan fingerprint density at radius 3 is 2.35 bits per heavy atom. The first-order valence-electron chi connectivity index (χ1n) is 8.37. The van der Waals surface area contributed by atoms with Gasteiger partial charge in [0.2, 0.25) is 5.91 Å². The van der Waals surface area contributed by atoms with Crippen LogP contribution in [0.25, 0.3) is 0 Å². The number of nitrogens with two attached hydrogens (primary N) is 1. The highest BCUT2D eigenvalue weighted by Gasteiger charge is 2.33. The number of benzene rings is 1. The van der Waals surface area contributed by atoms with Crippen LogP contribution in [-0.4, -0.2) is 25.7 Å². The smallest absolute Gasteiger partial charge is 0.387 e. The number of ether oxygens (including phenoxy) is 2. The first-order valence-corrected chi connectivity index (χ1v) is 8.37. The molecule has 3 N–H and O–H groups in total. The number of halogens is 4. The molecule has 0 atom stereocenters. The molecule has 1 amide bonds. The summed E-state index contributed by atoms with van der Waals surface area (Å²) in [5.74, 6) is -1.18. The van der Waals surface area contributed by atoms with Crippen molar-refractivity contribution < 1.29 is 31.8 Å². The van der Waals surface area contributed by atoms with E-state index in [9.17, 15) is 22.4 Å². The Morgan fingerprint density at radius 2 is 1.77 bits per heavy atom. The van der Waals surface area contributed by atoms with E-state index in [2.05, 4.69) is 14.8 Å². The molecular formula is C17H22F4N2O3. The minimum absolute atomic E-state index is 0.0418. The van der Waals surface area contributed by atoms with Crippen LogP contribution in [0.2, 0.25) is 0 Å². The summed E-state index contributed by atoms with van der Waals surface area (Å²) < 4.78 is 58.2. The van der Waals surface area contributed by atoms with Gasteiger partial charge in [-0.3, -0.25) is 4.79 Å². The molecule has 1 saturated carbocycles. The molecule has 146 valence electrons. The standard InChI is InChI=1S/C17H22F4N2O3/c18-15(19)25-11-4-5-12(13(8-11)26-16(20)21)23-14(24)9-17(10-22)6-2-1-3-7-17/h4-5,8,15-16H,1-3,6-7,9-10,22H2,(H,23,24).